The van der Waals surface area contributed by atoms with Crippen LogP contribution in [-0.2, 0) is 0 Å². The Morgan fingerprint density at radius 3 is 2.06 bits per heavy atom. The van der Waals surface area contributed by atoms with Crippen LogP contribution in [0.25, 0.3) is 0 Å². The molecule has 1 N–H and O–H groups in total. The summed E-state index contributed by atoms with van der Waals surface area (Å²) in [6, 6.07) is 14.1. The van der Waals surface area contributed by atoms with E-state index in [2.05, 4.69) is 33.0 Å². The molecule has 1 aliphatic carbocycles. The standard InChI is InChI=1S/C23H25ClN2O3.C2H6/c1-22(2)20(26-19(27)14-6-9-16(28-5)10-7-14)23(3,4)21(22)29-17-11-8-15(13-25)18(24)12-17;1-2/h6-12,20-21H,1-5H3,(H,26,27);1-2H3. The van der Waals surface area contributed by atoms with E-state index in [0.29, 0.717) is 27.6 Å². The van der Waals surface area contributed by atoms with Gasteiger partial charge in [0.05, 0.1) is 17.7 Å². The Bertz CT molecular complexity index is 946. The number of nitriles is 1. The summed E-state index contributed by atoms with van der Waals surface area (Å²) in [6.07, 6.45) is -0.139. The van der Waals surface area contributed by atoms with E-state index >= 15 is 0 Å². The fourth-order valence-electron chi connectivity index (χ4n) is 4.55. The molecule has 1 saturated carbocycles. The van der Waals surface area contributed by atoms with Crippen LogP contribution in [0.4, 0.5) is 0 Å². The molecule has 1 aliphatic rings. The van der Waals surface area contributed by atoms with Gasteiger partial charge >= 0.3 is 0 Å². The van der Waals surface area contributed by atoms with Gasteiger partial charge in [-0.15, -0.1) is 0 Å². The van der Waals surface area contributed by atoms with Gasteiger partial charge in [0.1, 0.15) is 23.7 Å². The van der Waals surface area contributed by atoms with Crippen molar-refractivity contribution in [2.45, 2.75) is 53.7 Å². The lowest BCUT2D eigenvalue weighted by Crippen LogP contribution is -2.74. The van der Waals surface area contributed by atoms with Crippen molar-refractivity contribution >= 4 is 17.5 Å². The Kier molecular flexibility index (Phi) is 7.62. The third kappa shape index (κ3) is 4.80. The topological polar surface area (TPSA) is 71.3 Å². The largest absolute Gasteiger partial charge is 0.497 e. The Labute approximate surface area is 190 Å². The van der Waals surface area contributed by atoms with Crippen molar-refractivity contribution < 1.29 is 14.3 Å². The molecule has 166 valence electrons. The summed E-state index contributed by atoms with van der Waals surface area (Å²) < 4.78 is 11.4. The van der Waals surface area contributed by atoms with E-state index < -0.39 is 0 Å². The molecule has 3 rings (SSSR count). The summed E-state index contributed by atoms with van der Waals surface area (Å²) in [5.41, 5.74) is 0.397. The molecule has 2 aromatic carbocycles. The minimum atomic E-state index is -0.300. The summed E-state index contributed by atoms with van der Waals surface area (Å²) in [5, 5.41) is 12.6. The molecule has 0 spiro atoms. The van der Waals surface area contributed by atoms with Gasteiger partial charge in [0.25, 0.3) is 5.91 Å². The van der Waals surface area contributed by atoms with Crippen LogP contribution in [0.1, 0.15) is 57.5 Å². The molecular formula is C25H31ClN2O3. The van der Waals surface area contributed by atoms with Crippen molar-refractivity contribution in [1.29, 1.82) is 5.26 Å². The lowest BCUT2D eigenvalue weighted by molar-refractivity contribution is -0.164. The number of ether oxygens (including phenoxy) is 2. The normalized spacial score (nSPS) is 20.2. The molecule has 6 heteroatoms. The second-order valence-electron chi connectivity index (χ2n) is 8.53. The third-order valence-corrected chi connectivity index (χ3v) is 6.09. The van der Waals surface area contributed by atoms with E-state index in [1.165, 1.54) is 0 Å². The van der Waals surface area contributed by atoms with Gasteiger partial charge in [-0.1, -0.05) is 53.1 Å². The zero-order valence-electron chi connectivity index (χ0n) is 19.2. The number of nitrogens with zero attached hydrogens (tertiary/aromatic N) is 1. The van der Waals surface area contributed by atoms with Crippen LogP contribution in [0.5, 0.6) is 11.5 Å². The maximum absolute atomic E-state index is 12.8. The van der Waals surface area contributed by atoms with Gasteiger partial charge in [-0.3, -0.25) is 4.79 Å². The molecule has 0 aliphatic heterocycles. The lowest BCUT2D eigenvalue weighted by Gasteiger charge is -2.63. The molecule has 1 fully saturated rings. The van der Waals surface area contributed by atoms with Crippen molar-refractivity contribution in [2.75, 3.05) is 7.11 Å². The number of hydrogen-bond donors (Lipinski definition) is 1. The van der Waals surface area contributed by atoms with Gasteiger partial charge in [0.15, 0.2) is 0 Å². The van der Waals surface area contributed by atoms with Crippen LogP contribution >= 0.6 is 11.6 Å². The van der Waals surface area contributed by atoms with Gasteiger partial charge in [-0.2, -0.15) is 5.26 Å². The van der Waals surface area contributed by atoms with E-state index in [0.717, 1.165) is 0 Å². The first-order valence-electron chi connectivity index (χ1n) is 10.4. The van der Waals surface area contributed by atoms with Crippen molar-refractivity contribution in [3.63, 3.8) is 0 Å². The molecule has 2 aromatic rings. The average molecular weight is 443 g/mol. The Hall–Kier alpha value is -2.71. The summed E-state index contributed by atoms with van der Waals surface area (Å²) >= 11 is 6.13. The summed E-state index contributed by atoms with van der Waals surface area (Å²) in [7, 11) is 1.59. The lowest BCUT2D eigenvalue weighted by atomic mass is 9.49. The van der Waals surface area contributed by atoms with Crippen LogP contribution in [0, 0.1) is 22.2 Å². The fraction of sp³-hybridized carbons (Fsp3) is 0.440. The number of carbonyl (C=O) groups excluding carboxylic acids is 1. The van der Waals surface area contributed by atoms with Gasteiger partial charge in [-0.25, -0.2) is 0 Å². The number of rotatable bonds is 5. The molecule has 1 amide bonds. The number of hydrogen-bond acceptors (Lipinski definition) is 4. The van der Waals surface area contributed by atoms with E-state index in [4.69, 9.17) is 26.3 Å². The van der Waals surface area contributed by atoms with Crippen molar-refractivity contribution in [3.8, 4) is 17.6 Å². The van der Waals surface area contributed by atoms with Crippen LogP contribution in [0.15, 0.2) is 42.5 Å². The van der Waals surface area contributed by atoms with Gasteiger partial charge in [0.2, 0.25) is 0 Å². The third-order valence-electron chi connectivity index (χ3n) is 5.78. The van der Waals surface area contributed by atoms with Crippen molar-refractivity contribution in [2.24, 2.45) is 10.8 Å². The number of nitrogens with one attached hydrogen (secondary N) is 1. The van der Waals surface area contributed by atoms with E-state index in [1.54, 1.807) is 49.6 Å². The van der Waals surface area contributed by atoms with Gasteiger partial charge in [0, 0.05) is 28.5 Å². The first-order valence-corrected chi connectivity index (χ1v) is 10.8. The molecule has 0 unspecified atom stereocenters. The quantitative estimate of drug-likeness (QED) is 0.629. The molecule has 0 bridgehead atoms. The Morgan fingerprint density at radius 2 is 1.58 bits per heavy atom. The summed E-state index contributed by atoms with van der Waals surface area (Å²) in [6.45, 7) is 12.3. The first kappa shape index (κ1) is 24.6. The minimum Gasteiger partial charge on any atom is -0.497 e. The maximum atomic E-state index is 12.8. The zero-order valence-corrected chi connectivity index (χ0v) is 20.0. The highest BCUT2D eigenvalue weighted by Crippen LogP contribution is 2.55. The second kappa shape index (κ2) is 9.62. The van der Waals surface area contributed by atoms with Crippen molar-refractivity contribution in [3.05, 3.63) is 58.6 Å². The molecule has 0 atom stereocenters. The average Bonchev–Trinajstić information content (AvgIpc) is 2.76. The van der Waals surface area contributed by atoms with Crippen LogP contribution in [0.2, 0.25) is 5.02 Å². The number of halogens is 1. The monoisotopic (exact) mass is 442 g/mol. The second-order valence-corrected chi connectivity index (χ2v) is 8.94. The highest BCUT2D eigenvalue weighted by molar-refractivity contribution is 6.31. The van der Waals surface area contributed by atoms with Crippen LogP contribution < -0.4 is 14.8 Å². The molecule has 0 heterocycles. The zero-order chi connectivity index (χ0) is 23.4. The number of benzene rings is 2. The highest BCUT2D eigenvalue weighted by Gasteiger charge is 2.64. The SMILES string of the molecule is CC.COc1ccc(C(=O)NC2C(C)(C)C(Oc3ccc(C#N)c(Cl)c3)C2(C)C)cc1. The van der Waals surface area contributed by atoms with E-state index in [1.807, 2.05) is 19.9 Å². The van der Waals surface area contributed by atoms with Gasteiger partial charge in [-0.05, 0) is 36.4 Å². The predicted octanol–water partition coefficient (Wildman–Crippen LogP) is 5.86. The van der Waals surface area contributed by atoms with E-state index in [9.17, 15) is 4.79 Å². The first-order chi connectivity index (χ1) is 14.6. The maximum Gasteiger partial charge on any atom is 0.251 e. The number of amides is 1. The van der Waals surface area contributed by atoms with Gasteiger partial charge < -0.3 is 14.8 Å². The predicted molar refractivity (Wildman–Crippen MR) is 124 cm³/mol. The molecular weight excluding hydrogens is 412 g/mol. The molecule has 5 nitrogen and oxygen atoms in total. The highest BCUT2D eigenvalue weighted by atomic mass is 35.5. The number of carbonyl (C=O) groups is 1. The number of methoxy groups -OCH3 is 1. The van der Waals surface area contributed by atoms with Crippen LogP contribution in [0.3, 0.4) is 0 Å². The Morgan fingerprint density at radius 1 is 1.03 bits per heavy atom. The van der Waals surface area contributed by atoms with Crippen molar-refractivity contribution in [1.82, 2.24) is 5.32 Å². The Balaban J connectivity index is 0.00000166. The smallest absolute Gasteiger partial charge is 0.251 e. The van der Waals surface area contributed by atoms with E-state index in [-0.39, 0.29) is 28.9 Å². The minimum absolute atomic E-state index is 0.0801. The summed E-state index contributed by atoms with van der Waals surface area (Å²) in [5.74, 6) is 1.19. The molecule has 31 heavy (non-hydrogen) atoms. The van der Waals surface area contributed by atoms with Crippen LogP contribution in [-0.4, -0.2) is 25.2 Å². The molecule has 0 aromatic heterocycles. The molecule has 0 saturated heterocycles. The molecule has 0 radical (unpaired) electrons. The fourth-order valence-corrected chi connectivity index (χ4v) is 4.77. The summed E-state index contributed by atoms with van der Waals surface area (Å²) in [4.78, 5) is 12.8.